The first-order valence-electron chi connectivity index (χ1n) is 5.85. The van der Waals surface area contributed by atoms with E-state index < -0.39 is 0 Å². The van der Waals surface area contributed by atoms with Gasteiger partial charge in [0.15, 0.2) is 0 Å². The van der Waals surface area contributed by atoms with Crippen molar-refractivity contribution < 1.29 is 0 Å². The van der Waals surface area contributed by atoms with E-state index in [4.69, 9.17) is 11.6 Å². The summed E-state index contributed by atoms with van der Waals surface area (Å²) in [5.41, 5.74) is 1.26. The molecule has 0 bridgehead atoms. The lowest BCUT2D eigenvalue weighted by Crippen LogP contribution is -1.99. The quantitative estimate of drug-likeness (QED) is 0.818. The smallest absolute Gasteiger partial charge is 0.126 e. The average molecular weight is 279 g/mol. The molecule has 1 aromatic carbocycles. The molecule has 0 aliphatic carbocycles. The average Bonchev–Trinajstić information content (AvgIpc) is 2.37. The lowest BCUT2D eigenvalue weighted by molar-refractivity contribution is 1.15. The van der Waals surface area contributed by atoms with Crippen LogP contribution in [-0.2, 0) is 5.75 Å². The largest absolute Gasteiger partial charge is 0.370 e. The predicted octanol–water partition coefficient (Wildman–Crippen LogP) is 4.46. The maximum Gasteiger partial charge on any atom is 0.126 e. The van der Waals surface area contributed by atoms with Crippen LogP contribution >= 0.6 is 23.4 Å². The maximum atomic E-state index is 5.96. The molecule has 0 fully saturated rings. The lowest BCUT2D eigenvalue weighted by Gasteiger charge is -2.05. The molecule has 94 valence electrons. The van der Waals surface area contributed by atoms with E-state index >= 15 is 0 Å². The van der Waals surface area contributed by atoms with Gasteiger partial charge >= 0.3 is 0 Å². The maximum absolute atomic E-state index is 5.96. The minimum absolute atomic E-state index is 0.781. The highest BCUT2D eigenvalue weighted by Crippen LogP contribution is 2.25. The molecule has 0 radical (unpaired) electrons. The molecule has 0 aliphatic rings. The van der Waals surface area contributed by atoms with Gasteiger partial charge in [0.2, 0.25) is 0 Å². The fourth-order valence-corrected chi connectivity index (χ4v) is 2.72. The van der Waals surface area contributed by atoms with Gasteiger partial charge in [0.1, 0.15) is 5.82 Å². The topological polar surface area (TPSA) is 24.9 Å². The van der Waals surface area contributed by atoms with E-state index in [1.807, 2.05) is 30.5 Å². The Balaban J connectivity index is 1.99. The first kappa shape index (κ1) is 13.2. The molecule has 4 heteroatoms. The first-order valence-corrected chi connectivity index (χ1v) is 7.21. The Hall–Kier alpha value is -1.19. The highest BCUT2D eigenvalue weighted by molar-refractivity contribution is 7.98. The van der Waals surface area contributed by atoms with Gasteiger partial charge in [-0.15, -0.1) is 11.8 Å². The second-order valence-electron chi connectivity index (χ2n) is 3.83. The van der Waals surface area contributed by atoms with Gasteiger partial charge in [0, 0.05) is 28.4 Å². The SMILES string of the molecule is CCNc1cc(CSc2cccc(Cl)c2)ccn1. The molecular weight excluding hydrogens is 264 g/mol. The Kier molecular flexibility index (Phi) is 4.90. The van der Waals surface area contributed by atoms with E-state index in [1.165, 1.54) is 10.5 Å². The van der Waals surface area contributed by atoms with E-state index in [2.05, 4.69) is 29.4 Å². The van der Waals surface area contributed by atoms with E-state index in [9.17, 15) is 0 Å². The summed E-state index contributed by atoms with van der Waals surface area (Å²) in [6.45, 7) is 2.95. The van der Waals surface area contributed by atoms with Crippen LogP contribution in [0.4, 0.5) is 5.82 Å². The van der Waals surface area contributed by atoms with Gasteiger partial charge in [-0.3, -0.25) is 0 Å². The minimum Gasteiger partial charge on any atom is -0.370 e. The van der Waals surface area contributed by atoms with Crippen LogP contribution in [-0.4, -0.2) is 11.5 Å². The molecular formula is C14H15ClN2S. The van der Waals surface area contributed by atoms with Gasteiger partial charge in [0.05, 0.1) is 0 Å². The zero-order valence-electron chi connectivity index (χ0n) is 10.2. The Morgan fingerprint density at radius 1 is 1.28 bits per heavy atom. The third kappa shape index (κ3) is 3.93. The van der Waals surface area contributed by atoms with Crippen LogP contribution in [0.15, 0.2) is 47.5 Å². The summed E-state index contributed by atoms with van der Waals surface area (Å²) in [6.07, 6.45) is 1.84. The number of anilines is 1. The number of hydrogen-bond donors (Lipinski definition) is 1. The second kappa shape index (κ2) is 6.66. The van der Waals surface area contributed by atoms with Gasteiger partial charge in [-0.25, -0.2) is 4.98 Å². The van der Waals surface area contributed by atoms with Gasteiger partial charge in [0.25, 0.3) is 0 Å². The van der Waals surface area contributed by atoms with Gasteiger partial charge < -0.3 is 5.32 Å². The Labute approximate surface area is 117 Å². The van der Waals surface area contributed by atoms with E-state index in [0.717, 1.165) is 23.1 Å². The van der Waals surface area contributed by atoms with Gasteiger partial charge in [-0.2, -0.15) is 0 Å². The van der Waals surface area contributed by atoms with Crippen molar-refractivity contribution in [1.82, 2.24) is 4.98 Å². The van der Waals surface area contributed by atoms with Crippen molar-refractivity contribution in [2.24, 2.45) is 0 Å². The van der Waals surface area contributed by atoms with Gasteiger partial charge in [-0.1, -0.05) is 17.7 Å². The van der Waals surface area contributed by atoms with Crippen LogP contribution in [0.5, 0.6) is 0 Å². The molecule has 2 rings (SSSR count). The van der Waals surface area contributed by atoms with Crippen molar-refractivity contribution in [3.63, 3.8) is 0 Å². The number of pyridine rings is 1. The summed E-state index contributed by atoms with van der Waals surface area (Å²) in [4.78, 5) is 5.44. The summed E-state index contributed by atoms with van der Waals surface area (Å²) >= 11 is 7.73. The third-order valence-electron chi connectivity index (χ3n) is 2.38. The molecule has 2 nitrogen and oxygen atoms in total. The first-order chi connectivity index (χ1) is 8.78. The Bertz CT molecular complexity index is 517. The van der Waals surface area contributed by atoms with E-state index in [1.54, 1.807) is 11.8 Å². The number of nitrogens with zero attached hydrogens (tertiary/aromatic N) is 1. The number of benzene rings is 1. The molecule has 1 N–H and O–H groups in total. The van der Waals surface area contributed by atoms with Crippen LogP contribution in [0.3, 0.4) is 0 Å². The lowest BCUT2D eigenvalue weighted by atomic mass is 10.3. The van der Waals surface area contributed by atoms with Crippen molar-refractivity contribution >= 4 is 29.2 Å². The number of halogens is 1. The fraction of sp³-hybridized carbons (Fsp3) is 0.214. The zero-order chi connectivity index (χ0) is 12.8. The Morgan fingerprint density at radius 3 is 2.94 bits per heavy atom. The predicted molar refractivity (Wildman–Crippen MR) is 79.4 cm³/mol. The normalized spacial score (nSPS) is 10.3. The van der Waals surface area contributed by atoms with Crippen molar-refractivity contribution in [3.8, 4) is 0 Å². The van der Waals surface area contributed by atoms with Crippen LogP contribution in [0.1, 0.15) is 12.5 Å². The molecule has 0 unspecified atom stereocenters. The van der Waals surface area contributed by atoms with Crippen molar-refractivity contribution in [2.45, 2.75) is 17.6 Å². The molecule has 1 heterocycles. The number of thioether (sulfide) groups is 1. The molecule has 0 saturated carbocycles. The van der Waals surface area contributed by atoms with Crippen LogP contribution < -0.4 is 5.32 Å². The molecule has 1 aromatic heterocycles. The molecule has 0 saturated heterocycles. The van der Waals surface area contributed by atoms with Gasteiger partial charge in [-0.05, 0) is 42.8 Å². The molecule has 0 amide bonds. The highest BCUT2D eigenvalue weighted by atomic mass is 35.5. The third-order valence-corrected chi connectivity index (χ3v) is 3.68. The van der Waals surface area contributed by atoms with E-state index in [0.29, 0.717) is 0 Å². The standard InChI is InChI=1S/C14H15ClN2S/c1-2-16-14-8-11(6-7-17-14)10-18-13-5-3-4-12(15)9-13/h3-9H,2,10H2,1H3,(H,16,17). The molecule has 2 aromatic rings. The minimum atomic E-state index is 0.781. The molecule has 18 heavy (non-hydrogen) atoms. The molecule has 0 spiro atoms. The fourth-order valence-electron chi connectivity index (χ4n) is 1.57. The monoisotopic (exact) mass is 278 g/mol. The van der Waals surface area contributed by atoms with Crippen molar-refractivity contribution in [3.05, 3.63) is 53.2 Å². The number of aromatic nitrogens is 1. The summed E-state index contributed by atoms with van der Waals surface area (Å²) in [5, 5.41) is 3.99. The molecule has 0 aliphatic heterocycles. The van der Waals surface area contributed by atoms with Crippen LogP contribution in [0, 0.1) is 0 Å². The summed E-state index contributed by atoms with van der Waals surface area (Å²) < 4.78 is 0. The summed E-state index contributed by atoms with van der Waals surface area (Å²) in [5.74, 6) is 1.85. The number of nitrogens with one attached hydrogen (secondary N) is 1. The van der Waals surface area contributed by atoms with E-state index in [-0.39, 0.29) is 0 Å². The van der Waals surface area contributed by atoms with Crippen molar-refractivity contribution in [1.29, 1.82) is 0 Å². The summed E-state index contributed by atoms with van der Waals surface area (Å²) in [7, 11) is 0. The highest BCUT2D eigenvalue weighted by Gasteiger charge is 1.99. The molecule has 0 atom stereocenters. The number of rotatable bonds is 5. The van der Waals surface area contributed by atoms with Crippen molar-refractivity contribution in [2.75, 3.05) is 11.9 Å². The van der Waals surface area contributed by atoms with Crippen LogP contribution in [0.2, 0.25) is 5.02 Å². The number of hydrogen-bond acceptors (Lipinski definition) is 3. The zero-order valence-corrected chi connectivity index (χ0v) is 11.8. The second-order valence-corrected chi connectivity index (χ2v) is 5.31. The van der Waals surface area contributed by atoms with Crippen LogP contribution in [0.25, 0.3) is 0 Å². The summed E-state index contributed by atoms with van der Waals surface area (Å²) in [6, 6.07) is 12.0. The Morgan fingerprint density at radius 2 is 2.17 bits per heavy atom.